The van der Waals surface area contributed by atoms with Crippen molar-refractivity contribution in [3.05, 3.63) is 46.7 Å². The van der Waals surface area contributed by atoms with Crippen molar-refractivity contribution >= 4 is 22.6 Å². The average molecular weight is 282 g/mol. The number of anilines is 1. The van der Waals surface area contributed by atoms with Gasteiger partial charge in [0.25, 0.3) is 0 Å². The van der Waals surface area contributed by atoms with Crippen LogP contribution in [0.4, 0.5) is 14.3 Å². The van der Waals surface area contributed by atoms with Gasteiger partial charge in [-0.2, -0.15) is 0 Å². The number of thiazole rings is 1. The third-order valence-electron chi connectivity index (χ3n) is 2.59. The zero-order chi connectivity index (χ0) is 14.0. The standard InChI is InChI=1S/C12H11FN2O3S/c1-12(18,7-3-2-4-8(13)5-7)9-6-14-10(19-9)15-11(16)17/h2-6,18H,1H3,(H,14,15)(H,16,17). The molecule has 7 heteroatoms. The van der Waals surface area contributed by atoms with Crippen molar-refractivity contribution in [2.45, 2.75) is 12.5 Å². The molecule has 1 heterocycles. The van der Waals surface area contributed by atoms with Crippen LogP contribution in [0.15, 0.2) is 30.5 Å². The van der Waals surface area contributed by atoms with Crippen molar-refractivity contribution in [3.8, 4) is 0 Å². The van der Waals surface area contributed by atoms with Crippen molar-refractivity contribution in [3.63, 3.8) is 0 Å². The Morgan fingerprint density at radius 2 is 2.26 bits per heavy atom. The molecule has 0 bridgehead atoms. The molecule has 1 aromatic heterocycles. The minimum Gasteiger partial charge on any atom is -0.465 e. The summed E-state index contributed by atoms with van der Waals surface area (Å²) in [5.41, 5.74) is -1.06. The van der Waals surface area contributed by atoms with Gasteiger partial charge in [0.2, 0.25) is 0 Å². The van der Waals surface area contributed by atoms with E-state index in [9.17, 15) is 14.3 Å². The highest BCUT2D eigenvalue weighted by Gasteiger charge is 2.28. The lowest BCUT2D eigenvalue weighted by atomic mass is 9.95. The van der Waals surface area contributed by atoms with E-state index in [1.807, 2.05) is 0 Å². The highest BCUT2D eigenvalue weighted by atomic mass is 32.1. The van der Waals surface area contributed by atoms with Gasteiger partial charge in [0.05, 0.1) is 4.88 Å². The van der Waals surface area contributed by atoms with Crippen LogP contribution in [0, 0.1) is 5.82 Å². The number of benzene rings is 1. The lowest BCUT2D eigenvalue weighted by Gasteiger charge is -2.21. The number of carboxylic acid groups (broad SMARTS) is 1. The van der Waals surface area contributed by atoms with Gasteiger partial charge in [-0.3, -0.25) is 5.32 Å². The molecule has 100 valence electrons. The summed E-state index contributed by atoms with van der Waals surface area (Å²) < 4.78 is 13.2. The number of aliphatic hydroxyl groups is 1. The normalized spacial score (nSPS) is 13.8. The third-order valence-corrected chi connectivity index (χ3v) is 3.71. The number of hydrogen-bond donors (Lipinski definition) is 3. The molecular formula is C12H11FN2O3S. The Labute approximate surface area is 112 Å². The van der Waals surface area contributed by atoms with Gasteiger partial charge >= 0.3 is 6.09 Å². The number of hydrogen-bond acceptors (Lipinski definition) is 4. The van der Waals surface area contributed by atoms with Crippen LogP contribution < -0.4 is 5.32 Å². The van der Waals surface area contributed by atoms with Gasteiger partial charge < -0.3 is 10.2 Å². The molecule has 0 saturated carbocycles. The Balaban J connectivity index is 2.33. The predicted molar refractivity (Wildman–Crippen MR) is 68.8 cm³/mol. The second-order valence-corrected chi connectivity index (χ2v) is 5.07. The lowest BCUT2D eigenvalue weighted by Crippen LogP contribution is -2.21. The molecule has 2 rings (SSSR count). The van der Waals surface area contributed by atoms with E-state index in [2.05, 4.69) is 10.3 Å². The highest BCUT2D eigenvalue weighted by molar-refractivity contribution is 7.15. The monoisotopic (exact) mass is 282 g/mol. The van der Waals surface area contributed by atoms with E-state index < -0.39 is 17.5 Å². The Morgan fingerprint density at radius 3 is 2.89 bits per heavy atom. The summed E-state index contributed by atoms with van der Waals surface area (Å²) in [7, 11) is 0. The maximum absolute atomic E-state index is 13.2. The van der Waals surface area contributed by atoms with E-state index in [0.29, 0.717) is 10.4 Å². The fraction of sp³-hybridized carbons (Fsp3) is 0.167. The molecule has 2 aromatic rings. The number of nitrogens with zero attached hydrogens (tertiary/aromatic N) is 1. The molecule has 0 aliphatic rings. The van der Waals surface area contributed by atoms with E-state index in [1.54, 1.807) is 6.07 Å². The summed E-state index contributed by atoms with van der Waals surface area (Å²) in [4.78, 5) is 14.7. The van der Waals surface area contributed by atoms with Gasteiger partial charge in [0.1, 0.15) is 11.4 Å². The number of rotatable bonds is 3. The third kappa shape index (κ3) is 2.88. The van der Waals surface area contributed by atoms with Gasteiger partial charge in [0, 0.05) is 6.20 Å². The molecule has 0 radical (unpaired) electrons. The van der Waals surface area contributed by atoms with Gasteiger partial charge in [0.15, 0.2) is 5.13 Å². The van der Waals surface area contributed by atoms with Crippen molar-refractivity contribution in [2.75, 3.05) is 5.32 Å². The SMILES string of the molecule is CC(O)(c1cccc(F)c1)c1cnc(NC(=O)O)s1. The van der Waals surface area contributed by atoms with E-state index >= 15 is 0 Å². The summed E-state index contributed by atoms with van der Waals surface area (Å²) in [6.07, 6.45) is 0.132. The van der Waals surface area contributed by atoms with E-state index in [0.717, 1.165) is 11.3 Å². The zero-order valence-electron chi connectivity index (χ0n) is 9.92. The summed E-state index contributed by atoms with van der Waals surface area (Å²) in [5.74, 6) is -0.453. The van der Waals surface area contributed by atoms with Crippen LogP contribution >= 0.6 is 11.3 Å². The molecule has 0 aliphatic heterocycles. The Hall–Kier alpha value is -1.99. The van der Waals surface area contributed by atoms with Crippen LogP contribution in [0.25, 0.3) is 0 Å². The number of aromatic nitrogens is 1. The van der Waals surface area contributed by atoms with Crippen LogP contribution in [0.2, 0.25) is 0 Å². The number of carbonyl (C=O) groups is 1. The van der Waals surface area contributed by atoms with E-state index in [4.69, 9.17) is 5.11 Å². The molecule has 0 saturated heterocycles. The first-order chi connectivity index (χ1) is 8.89. The van der Waals surface area contributed by atoms with Crippen molar-refractivity contribution in [1.29, 1.82) is 0 Å². The van der Waals surface area contributed by atoms with Crippen LogP contribution in [-0.2, 0) is 5.60 Å². The molecule has 0 spiro atoms. The summed E-state index contributed by atoms with van der Waals surface area (Å²) in [5, 5.41) is 21.3. The first kappa shape index (κ1) is 13.4. The Bertz CT molecular complexity index is 613. The maximum atomic E-state index is 13.2. The van der Waals surface area contributed by atoms with Gasteiger partial charge in [-0.15, -0.1) is 0 Å². The smallest absolute Gasteiger partial charge is 0.410 e. The predicted octanol–water partition coefficient (Wildman–Crippen LogP) is 2.63. The molecule has 19 heavy (non-hydrogen) atoms. The number of amides is 1. The molecule has 5 nitrogen and oxygen atoms in total. The van der Waals surface area contributed by atoms with Gasteiger partial charge in [-0.25, -0.2) is 14.2 Å². The molecule has 1 unspecified atom stereocenters. The fourth-order valence-corrected chi connectivity index (χ4v) is 2.46. The van der Waals surface area contributed by atoms with Gasteiger partial charge in [-0.1, -0.05) is 23.5 Å². The summed E-state index contributed by atoms with van der Waals surface area (Å²) >= 11 is 0.993. The molecular weight excluding hydrogens is 271 g/mol. The Kier molecular flexibility index (Phi) is 3.50. The quantitative estimate of drug-likeness (QED) is 0.808. The molecule has 0 aliphatic carbocycles. The summed E-state index contributed by atoms with van der Waals surface area (Å²) in [6.45, 7) is 1.50. The molecule has 3 N–H and O–H groups in total. The van der Waals surface area contributed by atoms with Crippen LogP contribution in [0.1, 0.15) is 17.4 Å². The van der Waals surface area contributed by atoms with Crippen LogP contribution in [-0.4, -0.2) is 21.3 Å². The maximum Gasteiger partial charge on any atom is 0.410 e. The minimum absolute atomic E-state index is 0.152. The van der Waals surface area contributed by atoms with Crippen molar-refractivity contribution < 1.29 is 19.4 Å². The minimum atomic E-state index is -1.43. The lowest BCUT2D eigenvalue weighted by molar-refractivity contribution is 0.106. The van der Waals surface area contributed by atoms with E-state index in [1.165, 1.54) is 31.3 Å². The average Bonchev–Trinajstić information content (AvgIpc) is 2.77. The Morgan fingerprint density at radius 1 is 1.53 bits per heavy atom. The molecule has 1 amide bonds. The van der Waals surface area contributed by atoms with E-state index in [-0.39, 0.29) is 5.13 Å². The molecule has 1 aromatic carbocycles. The number of halogens is 1. The molecule has 0 fully saturated rings. The van der Waals surface area contributed by atoms with Gasteiger partial charge in [-0.05, 0) is 24.6 Å². The highest BCUT2D eigenvalue weighted by Crippen LogP contribution is 2.34. The first-order valence-corrected chi connectivity index (χ1v) is 6.16. The van der Waals surface area contributed by atoms with Crippen molar-refractivity contribution in [1.82, 2.24) is 4.98 Å². The first-order valence-electron chi connectivity index (χ1n) is 5.34. The molecule has 1 atom stereocenters. The van der Waals surface area contributed by atoms with Crippen LogP contribution in [0.3, 0.4) is 0 Å². The number of nitrogens with one attached hydrogen (secondary N) is 1. The largest absolute Gasteiger partial charge is 0.465 e. The second kappa shape index (κ2) is 4.94. The van der Waals surface area contributed by atoms with Crippen LogP contribution in [0.5, 0.6) is 0 Å². The fourth-order valence-electron chi connectivity index (χ4n) is 1.58. The topological polar surface area (TPSA) is 82.5 Å². The second-order valence-electron chi connectivity index (χ2n) is 4.04. The van der Waals surface area contributed by atoms with Crippen molar-refractivity contribution in [2.24, 2.45) is 0 Å². The zero-order valence-corrected chi connectivity index (χ0v) is 10.7. The summed E-state index contributed by atoms with van der Waals surface area (Å²) in [6, 6.07) is 5.59.